The summed E-state index contributed by atoms with van der Waals surface area (Å²) in [5.74, 6) is 1.71. The van der Waals surface area contributed by atoms with Gasteiger partial charge >= 0.3 is 0 Å². The van der Waals surface area contributed by atoms with E-state index in [0.29, 0.717) is 18.4 Å². The maximum Gasteiger partial charge on any atom is 0.226 e. The normalized spacial score (nSPS) is 22.2. The van der Waals surface area contributed by atoms with Gasteiger partial charge in [-0.05, 0) is 44.0 Å². The maximum atomic E-state index is 12.9. The molecular weight excluding hydrogens is 320 g/mol. The number of aryl methyl sites for hydroxylation is 1. The van der Waals surface area contributed by atoms with E-state index in [0.717, 1.165) is 43.0 Å². The third-order valence-electron chi connectivity index (χ3n) is 4.84. The first-order valence-corrected chi connectivity index (χ1v) is 9.42. The second-order valence-electron chi connectivity index (χ2n) is 6.64. The molecule has 0 spiro atoms. The van der Waals surface area contributed by atoms with E-state index in [1.54, 1.807) is 0 Å². The average molecular weight is 342 g/mol. The third-order valence-corrected chi connectivity index (χ3v) is 5.98. The summed E-state index contributed by atoms with van der Waals surface area (Å²) in [5, 5.41) is 11.7. The van der Waals surface area contributed by atoms with Gasteiger partial charge in [-0.3, -0.25) is 4.79 Å². The highest BCUT2D eigenvalue weighted by Crippen LogP contribution is 2.50. The molecule has 0 bridgehead atoms. The molecule has 2 aromatic rings. The fraction of sp³-hybridized carbons (Fsp3) is 0.500. The number of nitrogens with one attached hydrogen (secondary N) is 1. The number of anilines is 1. The lowest BCUT2D eigenvalue weighted by molar-refractivity contribution is -0.133. The molecule has 2 unspecified atom stereocenters. The summed E-state index contributed by atoms with van der Waals surface area (Å²) in [6.45, 7) is 6.40. The lowest BCUT2D eigenvalue weighted by atomic mass is 10.1. The molecule has 0 saturated heterocycles. The van der Waals surface area contributed by atoms with E-state index in [-0.39, 0.29) is 5.92 Å². The van der Waals surface area contributed by atoms with Crippen LogP contribution in [0.15, 0.2) is 18.2 Å². The molecule has 1 aliphatic heterocycles. The lowest BCUT2D eigenvalue weighted by Gasteiger charge is -2.28. The Bertz CT molecular complexity index is 772. The summed E-state index contributed by atoms with van der Waals surface area (Å²) in [5.41, 5.74) is 2.16. The first kappa shape index (κ1) is 15.6. The topological polar surface area (TPSA) is 58.1 Å². The number of carbonyl (C=O) groups is 1. The molecule has 2 aliphatic rings. The van der Waals surface area contributed by atoms with E-state index >= 15 is 0 Å². The highest BCUT2D eigenvalue weighted by molar-refractivity contribution is 7.12. The van der Waals surface area contributed by atoms with Crippen LogP contribution in [0.1, 0.15) is 40.3 Å². The van der Waals surface area contributed by atoms with Crippen molar-refractivity contribution in [1.29, 1.82) is 0 Å². The van der Waals surface area contributed by atoms with Gasteiger partial charge in [0.2, 0.25) is 5.91 Å². The van der Waals surface area contributed by atoms with E-state index in [2.05, 4.69) is 34.6 Å². The van der Waals surface area contributed by atoms with Crippen LogP contribution in [-0.4, -0.2) is 34.1 Å². The summed E-state index contributed by atoms with van der Waals surface area (Å²) < 4.78 is 0. The summed E-state index contributed by atoms with van der Waals surface area (Å²) in [6.07, 6.45) is 1.80. The smallest absolute Gasteiger partial charge is 0.226 e. The Morgan fingerprint density at radius 3 is 3.04 bits per heavy atom. The minimum atomic E-state index is 0.174. The van der Waals surface area contributed by atoms with E-state index in [4.69, 9.17) is 0 Å². The van der Waals surface area contributed by atoms with Crippen LogP contribution in [0.5, 0.6) is 0 Å². The van der Waals surface area contributed by atoms with Crippen LogP contribution in [0.2, 0.25) is 0 Å². The standard InChI is InChI=1S/C18H22N4OS/c1-3-19-17-8-12-10-22(7-6-15(12)20-21-17)18(23)14-9-13(14)16-5-4-11(2)24-16/h4-5,8,13-14H,3,6-7,9-10H2,1-2H3,(H,19,21). The number of thiophene rings is 1. The molecule has 5 nitrogen and oxygen atoms in total. The zero-order valence-electron chi connectivity index (χ0n) is 14.1. The molecule has 6 heteroatoms. The number of hydrogen-bond acceptors (Lipinski definition) is 5. The van der Waals surface area contributed by atoms with Crippen molar-refractivity contribution >= 4 is 23.1 Å². The van der Waals surface area contributed by atoms with Gasteiger partial charge in [-0.15, -0.1) is 16.4 Å². The van der Waals surface area contributed by atoms with Crippen LogP contribution in [0, 0.1) is 12.8 Å². The Labute approximate surface area is 146 Å². The van der Waals surface area contributed by atoms with Gasteiger partial charge in [0, 0.05) is 47.6 Å². The van der Waals surface area contributed by atoms with Crippen molar-refractivity contribution in [2.24, 2.45) is 5.92 Å². The third kappa shape index (κ3) is 2.90. The molecule has 4 rings (SSSR count). The van der Waals surface area contributed by atoms with Crippen LogP contribution in [0.4, 0.5) is 5.82 Å². The van der Waals surface area contributed by atoms with E-state index < -0.39 is 0 Å². The summed E-state index contributed by atoms with van der Waals surface area (Å²) in [4.78, 5) is 17.5. The van der Waals surface area contributed by atoms with Crippen LogP contribution in [0.25, 0.3) is 0 Å². The van der Waals surface area contributed by atoms with Crippen molar-refractivity contribution < 1.29 is 4.79 Å². The zero-order valence-corrected chi connectivity index (χ0v) is 14.9. The van der Waals surface area contributed by atoms with Crippen LogP contribution in [-0.2, 0) is 17.8 Å². The van der Waals surface area contributed by atoms with E-state index in [1.165, 1.54) is 9.75 Å². The molecular formula is C18H22N4OS. The van der Waals surface area contributed by atoms with Gasteiger partial charge in [-0.1, -0.05) is 0 Å². The predicted molar refractivity (Wildman–Crippen MR) is 95.2 cm³/mol. The molecule has 0 aromatic carbocycles. The minimum Gasteiger partial charge on any atom is -0.369 e. The van der Waals surface area contributed by atoms with E-state index in [1.807, 2.05) is 29.2 Å². The predicted octanol–water partition coefficient (Wildman–Crippen LogP) is 2.97. The number of aromatic nitrogens is 2. The quantitative estimate of drug-likeness (QED) is 0.928. The molecule has 1 fully saturated rings. The Morgan fingerprint density at radius 1 is 1.42 bits per heavy atom. The van der Waals surface area contributed by atoms with Gasteiger partial charge in [0.05, 0.1) is 5.69 Å². The molecule has 1 amide bonds. The highest BCUT2D eigenvalue weighted by atomic mass is 32.1. The van der Waals surface area contributed by atoms with Crippen molar-refractivity contribution in [3.05, 3.63) is 39.2 Å². The van der Waals surface area contributed by atoms with Crippen LogP contribution < -0.4 is 5.32 Å². The molecule has 1 saturated carbocycles. The number of carbonyl (C=O) groups excluding carboxylic acids is 1. The van der Waals surface area contributed by atoms with Gasteiger partial charge in [-0.25, -0.2) is 0 Å². The summed E-state index contributed by atoms with van der Waals surface area (Å²) >= 11 is 1.82. The lowest BCUT2D eigenvalue weighted by Crippen LogP contribution is -2.37. The zero-order chi connectivity index (χ0) is 16.7. The minimum absolute atomic E-state index is 0.174. The summed E-state index contributed by atoms with van der Waals surface area (Å²) in [7, 11) is 0. The molecule has 2 atom stereocenters. The Hall–Kier alpha value is -1.95. The van der Waals surface area contributed by atoms with Crippen LogP contribution in [0.3, 0.4) is 0 Å². The summed E-state index contributed by atoms with van der Waals surface area (Å²) in [6, 6.07) is 6.37. The largest absolute Gasteiger partial charge is 0.369 e. The van der Waals surface area contributed by atoms with Gasteiger partial charge in [0.1, 0.15) is 5.82 Å². The van der Waals surface area contributed by atoms with Crippen molar-refractivity contribution in [2.45, 2.75) is 39.2 Å². The number of nitrogens with zero attached hydrogens (tertiary/aromatic N) is 3. The average Bonchev–Trinajstić information content (AvgIpc) is 3.28. The molecule has 0 radical (unpaired) electrons. The number of hydrogen-bond donors (Lipinski definition) is 1. The number of fused-ring (bicyclic) bond motifs is 1. The molecule has 2 aromatic heterocycles. The molecule has 126 valence electrons. The number of rotatable bonds is 4. The Morgan fingerprint density at radius 2 is 2.29 bits per heavy atom. The Kier molecular flexibility index (Phi) is 4.00. The SMILES string of the molecule is CCNc1cc2c(nn1)CCN(C(=O)C1CC1c1ccc(C)s1)C2. The van der Waals surface area contributed by atoms with E-state index in [9.17, 15) is 4.79 Å². The molecule has 1 N–H and O–H groups in total. The number of amides is 1. The molecule has 24 heavy (non-hydrogen) atoms. The van der Waals surface area contributed by atoms with Gasteiger partial charge in [-0.2, -0.15) is 5.10 Å². The van der Waals surface area contributed by atoms with Crippen molar-refractivity contribution in [1.82, 2.24) is 15.1 Å². The maximum absolute atomic E-state index is 12.9. The van der Waals surface area contributed by atoms with Crippen molar-refractivity contribution in [3.8, 4) is 0 Å². The second-order valence-corrected chi connectivity index (χ2v) is 7.96. The van der Waals surface area contributed by atoms with Gasteiger partial charge in [0.25, 0.3) is 0 Å². The van der Waals surface area contributed by atoms with Crippen LogP contribution >= 0.6 is 11.3 Å². The van der Waals surface area contributed by atoms with Gasteiger partial charge in [0.15, 0.2) is 0 Å². The first-order chi connectivity index (χ1) is 11.7. The second kappa shape index (κ2) is 6.16. The van der Waals surface area contributed by atoms with Crippen molar-refractivity contribution in [3.63, 3.8) is 0 Å². The fourth-order valence-electron chi connectivity index (χ4n) is 3.45. The highest BCUT2D eigenvalue weighted by Gasteiger charge is 2.46. The first-order valence-electron chi connectivity index (χ1n) is 8.60. The van der Waals surface area contributed by atoms with Crippen molar-refractivity contribution in [2.75, 3.05) is 18.4 Å². The fourth-order valence-corrected chi connectivity index (χ4v) is 4.51. The van der Waals surface area contributed by atoms with Gasteiger partial charge < -0.3 is 10.2 Å². The molecule has 1 aliphatic carbocycles. The molecule has 3 heterocycles. The monoisotopic (exact) mass is 342 g/mol. The Balaban J connectivity index is 1.44.